The maximum absolute atomic E-state index is 12.7. The number of hydrogen-bond acceptors (Lipinski definition) is 9. The Hall–Kier alpha value is -3.73. The second kappa shape index (κ2) is 11.0. The van der Waals surface area contributed by atoms with Gasteiger partial charge in [0.05, 0.1) is 39.8 Å². The fraction of sp³-hybridized carbons (Fsp3) is 0.238. The summed E-state index contributed by atoms with van der Waals surface area (Å²) in [4.78, 5) is 14.7. The average molecular weight is 464 g/mol. The number of benzene rings is 1. The van der Waals surface area contributed by atoms with Crippen molar-refractivity contribution in [3.63, 3.8) is 0 Å². The summed E-state index contributed by atoms with van der Waals surface area (Å²) in [5.74, 6) is -0.0356. The molecule has 10 nitrogen and oxygen atoms in total. The first kappa shape index (κ1) is 24.5. The van der Waals surface area contributed by atoms with Gasteiger partial charge in [-0.3, -0.25) is 0 Å². The molecule has 0 atom stereocenters. The number of carboxylic acid groups (broad SMARTS) is 1. The molecular formula is C21H24N2O8S. The smallest absolute Gasteiger partial charge is 0.329 e. The van der Waals surface area contributed by atoms with Crippen molar-refractivity contribution in [1.82, 2.24) is 4.98 Å². The summed E-state index contributed by atoms with van der Waals surface area (Å²) >= 11 is 0. The van der Waals surface area contributed by atoms with Gasteiger partial charge in [-0.15, -0.1) is 0 Å². The third kappa shape index (κ3) is 6.64. The first-order valence-electron chi connectivity index (χ1n) is 9.12. The Kier molecular flexibility index (Phi) is 8.47. The highest BCUT2D eigenvalue weighted by atomic mass is 32.2. The molecule has 2 aromatic rings. The number of sulfone groups is 1. The fourth-order valence-electron chi connectivity index (χ4n) is 2.69. The molecule has 1 aromatic heterocycles. The Morgan fingerprint density at radius 1 is 1.06 bits per heavy atom. The van der Waals surface area contributed by atoms with E-state index in [1.807, 2.05) is 0 Å². The van der Waals surface area contributed by atoms with E-state index in [2.05, 4.69) is 10.3 Å². The molecule has 0 aliphatic heterocycles. The van der Waals surface area contributed by atoms with E-state index in [1.165, 1.54) is 53.0 Å². The van der Waals surface area contributed by atoms with E-state index >= 15 is 0 Å². The SMILES string of the molecule is COc1cc(OC)c(C=CS(=O)(=O)Cc2cnc(OC)c(NC=CC(=O)O)c2)c(OC)c1. The molecule has 0 bridgehead atoms. The predicted octanol–water partition coefficient (Wildman–Crippen LogP) is 2.71. The molecule has 0 saturated carbocycles. The number of nitrogens with zero attached hydrogens (tertiary/aromatic N) is 1. The molecular weight excluding hydrogens is 440 g/mol. The first-order valence-corrected chi connectivity index (χ1v) is 10.8. The fourth-order valence-corrected chi connectivity index (χ4v) is 3.75. The largest absolute Gasteiger partial charge is 0.496 e. The monoisotopic (exact) mass is 464 g/mol. The van der Waals surface area contributed by atoms with Gasteiger partial charge in [-0.1, -0.05) is 0 Å². The zero-order chi connectivity index (χ0) is 23.7. The lowest BCUT2D eigenvalue weighted by Gasteiger charge is -2.12. The highest BCUT2D eigenvalue weighted by molar-refractivity contribution is 7.93. The molecule has 11 heteroatoms. The van der Waals surface area contributed by atoms with Gasteiger partial charge in [-0.2, -0.15) is 0 Å². The van der Waals surface area contributed by atoms with Crippen molar-refractivity contribution in [2.45, 2.75) is 5.75 Å². The van der Waals surface area contributed by atoms with Crippen LogP contribution in [0.5, 0.6) is 23.1 Å². The highest BCUT2D eigenvalue weighted by Crippen LogP contribution is 2.35. The lowest BCUT2D eigenvalue weighted by molar-refractivity contribution is -0.131. The number of carbonyl (C=O) groups is 1. The topological polar surface area (TPSA) is 133 Å². The number of pyridine rings is 1. The summed E-state index contributed by atoms with van der Waals surface area (Å²) in [5.41, 5.74) is 1.13. The Bertz CT molecular complexity index is 1100. The van der Waals surface area contributed by atoms with Gasteiger partial charge in [0.15, 0.2) is 9.84 Å². The van der Waals surface area contributed by atoms with Crippen LogP contribution in [-0.4, -0.2) is 52.9 Å². The van der Waals surface area contributed by atoms with Gasteiger partial charge in [-0.05, 0) is 17.7 Å². The summed E-state index contributed by atoms with van der Waals surface area (Å²) in [6.45, 7) is 0. The Labute approximate surface area is 186 Å². The van der Waals surface area contributed by atoms with Crippen LogP contribution >= 0.6 is 0 Å². The normalized spacial score (nSPS) is 11.5. The molecule has 0 radical (unpaired) electrons. The maximum Gasteiger partial charge on any atom is 0.329 e. The van der Waals surface area contributed by atoms with Crippen LogP contribution in [0.1, 0.15) is 11.1 Å². The molecule has 0 saturated heterocycles. The molecule has 1 heterocycles. The van der Waals surface area contributed by atoms with Crippen molar-refractivity contribution in [3.8, 4) is 23.1 Å². The van der Waals surface area contributed by atoms with Gasteiger partial charge in [0.25, 0.3) is 0 Å². The van der Waals surface area contributed by atoms with Crippen molar-refractivity contribution in [3.05, 3.63) is 53.2 Å². The van der Waals surface area contributed by atoms with Crippen LogP contribution in [-0.2, 0) is 20.4 Å². The van der Waals surface area contributed by atoms with Gasteiger partial charge in [-0.25, -0.2) is 18.2 Å². The number of methoxy groups -OCH3 is 4. The number of hydrogen-bond donors (Lipinski definition) is 2. The molecule has 0 fully saturated rings. The first-order chi connectivity index (χ1) is 15.2. The van der Waals surface area contributed by atoms with Crippen molar-refractivity contribution >= 4 is 27.6 Å². The van der Waals surface area contributed by atoms with E-state index in [4.69, 9.17) is 24.1 Å². The highest BCUT2D eigenvalue weighted by Gasteiger charge is 2.15. The quantitative estimate of drug-likeness (QED) is 0.478. The number of carboxylic acids is 1. The lowest BCUT2D eigenvalue weighted by atomic mass is 10.1. The van der Waals surface area contributed by atoms with Crippen molar-refractivity contribution < 1.29 is 37.3 Å². The number of nitrogens with one attached hydrogen (secondary N) is 1. The van der Waals surface area contributed by atoms with Gasteiger partial charge in [0.1, 0.15) is 22.9 Å². The Morgan fingerprint density at radius 3 is 2.25 bits per heavy atom. The van der Waals surface area contributed by atoms with Crippen molar-refractivity contribution in [1.29, 1.82) is 0 Å². The third-order valence-corrected chi connectivity index (χ3v) is 5.42. The summed E-state index contributed by atoms with van der Waals surface area (Å²) < 4.78 is 46.3. The molecule has 172 valence electrons. The molecule has 0 aliphatic rings. The number of rotatable bonds is 11. The number of ether oxygens (including phenoxy) is 4. The molecule has 0 amide bonds. The zero-order valence-corrected chi connectivity index (χ0v) is 18.8. The molecule has 1 aromatic carbocycles. The van der Waals surface area contributed by atoms with Gasteiger partial charge < -0.3 is 29.4 Å². The van der Waals surface area contributed by atoms with E-state index in [-0.39, 0.29) is 11.6 Å². The summed E-state index contributed by atoms with van der Waals surface area (Å²) in [6, 6.07) is 4.74. The van der Waals surface area contributed by atoms with Gasteiger partial charge in [0, 0.05) is 36.0 Å². The second-order valence-electron chi connectivity index (χ2n) is 6.27. The third-order valence-electron chi connectivity index (χ3n) is 4.13. The minimum absolute atomic E-state index is 0.185. The van der Waals surface area contributed by atoms with Crippen LogP contribution in [0, 0.1) is 0 Å². The van der Waals surface area contributed by atoms with Crippen LogP contribution in [0.2, 0.25) is 0 Å². The second-order valence-corrected chi connectivity index (χ2v) is 8.16. The summed E-state index contributed by atoms with van der Waals surface area (Å²) in [6.07, 6.45) is 4.83. The van der Waals surface area contributed by atoms with E-state index in [0.717, 1.165) is 11.5 Å². The molecule has 0 unspecified atom stereocenters. The van der Waals surface area contributed by atoms with Crippen molar-refractivity contribution in [2.75, 3.05) is 33.8 Å². The Balaban J connectivity index is 2.31. The molecule has 32 heavy (non-hydrogen) atoms. The molecule has 0 aliphatic carbocycles. The minimum Gasteiger partial charge on any atom is -0.496 e. The minimum atomic E-state index is -3.71. The van der Waals surface area contributed by atoms with E-state index < -0.39 is 15.8 Å². The number of aromatic nitrogens is 1. The number of anilines is 1. The van der Waals surface area contributed by atoms with E-state index in [1.54, 1.807) is 12.1 Å². The van der Waals surface area contributed by atoms with Crippen LogP contribution in [0.3, 0.4) is 0 Å². The van der Waals surface area contributed by atoms with E-state index in [9.17, 15) is 13.2 Å². The standard InChI is InChI=1S/C21H24N2O8S/c1-28-15-10-18(29-2)16(19(11-15)30-3)6-8-32(26,27)13-14-9-17(21(31-4)23-12-14)22-7-5-20(24)25/h5-12,22H,13H2,1-4H3,(H,24,25). The Morgan fingerprint density at radius 2 is 1.72 bits per heavy atom. The summed E-state index contributed by atoms with van der Waals surface area (Å²) in [5, 5.41) is 12.5. The average Bonchev–Trinajstić information content (AvgIpc) is 2.76. The van der Waals surface area contributed by atoms with Crippen LogP contribution in [0.25, 0.3) is 6.08 Å². The van der Waals surface area contributed by atoms with Gasteiger partial charge >= 0.3 is 5.97 Å². The lowest BCUT2D eigenvalue weighted by Crippen LogP contribution is -2.03. The van der Waals surface area contributed by atoms with Gasteiger partial charge in [0.2, 0.25) is 5.88 Å². The molecule has 0 spiro atoms. The van der Waals surface area contributed by atoms with E-state index in [0.29, 0.717) is 34.1 Å². The predicted molar refractivity (Wildman–Crippen MR) is 119 cm³/mol. The molecule has 2 rings (SSSR count). The van der Waals surface area contributed by atoms with Crippen LogP contribution in [0.15, 0.2) is 42.1 Å². The van der Waals surface area contributed by atoms with Crippen LogP contribution < -0.4 is 24.3 Å². The summed E-state index contributed by atoms with van der Waals surface area (Å²) in [7, 11) is 2.09. The zero-order valence-electron chi connectivity index (χ0n) is 18.0. The van der Waals surface area contributed by atoms with Crippen molar-refractivity contribution in [2.24, 2.45) is 0 Å². The van der Waals surface area contributed by atoms with Crippen LogP contribution in [0.4, 0.5) is 5.69 Å². The molecule has 2 N–H and O–H groups in total. The maximum atomic E-state index is 12.7. The number of aliphatic carboxylic acids is 1.